The van der Waals surface area contributed by atoms with E-state index in [1.807, 2.05) is 0 Å². The van der Waals surface area contributed by atoms with Gasteiger partial charge in [0.2, 0.25) is 0 Å². The van der Waals surface area contributed by atoms with Crippen LogP contribution >= 0.6 is 0 Å². The van der Waals surface area contributed by atoms with Crippen LogP contribution in [0.25, 0.3) is 0 Å². The van der Waals surface area contributed by atoms with Crippen molar-refractivity contribution in [2.45, 2.75) is 57.0 Å². The van der Waals surface area contributed by atoms with Crippen molar-refractivity contribution in [1.29, 1.82) is 0 Å². The molecule has 3 aliphatic rings. The van der Waals surface area contributed by atoms with Gasteiger partial charge in [-0.2, -0.15) is 0 Å². The molecular weight excluding hydrogens is 244 g/mol. The number of anilines is 1. The molecule has 20 heavy (non-hydrogen) atoms. The Bertz CT molecular complexity index is 518. The highest BCUT2D eigenvalue weighted by Gasteiger charge is 2.54. The van der Waals surface area contributed by atoms with Crippen molar-refractivity contribution in [1.82, 2.24) is 5.32 Å². The Morgan fingerprint density at radius 1 is 1.15 bits per heavy atom. The van der Waals surface area contributed by atoms with Gasteiger partial charge in [-0.15, -0.1) is 0 Å². The van der Waals surface area contributed by atoms with Crippen LogP contribution in [0.15, 0.2) is 24.3 Å². The van der Waals surface area contributed by atoms with Crippen molar-refractivity contribution in [2.75, 3.05) is 18.5 Å². The zero-order valence-electron chi connectivity index (χ0n) is 12.8. The van der Waals surface area contributed by atoms with Gasteiger partial charge in [0.15, 0.2) is 0 Å². The van der Waals surface area contributed by atoms with Crippen LogP contribution in [0.3, 0.4) is 0 Å². The van der Waals surface area contributed by atoms with Crippen LogP contribution in [0.4, 0.5) is 5.69 Å². The van der Waals surface area contributed by atoms with Gasteiger partial charge in [-0.25, -0.2) is 0 Å². The number of para-hydroxylation sites is 1. The molecule has 1 aliphatic carbocycles. The van der Waals surface area contributed by atoms with Gasteiger partial charge in [0.1, 0.15) is 0 Å². The van der Waals surface area contributed by atoms with Gasteiger partial charge in [0.05, 0.1) is 6.17 Å². The fourth-order valence-electron chi connectivity index (χ4n) is 5.34. The molecule has 2 fully saturated rings. The topological polar surface area (TPSA) is 15.3 Å². The van der Waals surface area contributed by atoms with E-state index in [1.165, 1.54) is 50.8 Å². The monoisotopic (exact) mass is 270 g/mol. The number of rotatable bonds is 0. The first-order chi connectivity index (χ1) is 9.65. The Balaban J connectivity index is 1.75. The Morgan fingerprint density at radius 3 is 2.70 bits per heavy atom. The number of piperidine rings is 1. The van der Waals surface area contributed by atoms with Crippen molar-refractivity contribution in [3.05, 3.63) is 29.8 Å². The largest absolute Gasteiger partial charge is 0.358 e. The second-order valence-corrected chi connectivity index (χ2v) is 7.57. The third-order valence-corrected chi connectivity index (χ3v) is 6.22. The van der Waals surface area contributed by atoms with E-state index >= 15 is 0 Å². The molecule has 2 nitrogen and oxygen atoms in total. The minimum Gasteiger partial charge on any atom is -0.358 e. The Hall–Kier alpha value is -1.02. The molecule has 1 saturated heterocycles. The first-order valence-electron chi connectivity index (χ1n) is 8.21. The van der Waals surface area contributed by atoms with Gasteiger partial charge >= 0.3 is 0 Å². The van der Waals surface area contributed by atoms with Crippen LogP contribution in [0.1, 0.15) is 51.0 Å². The molecule has 1 aromatic rings. The number of benzene rings is 1. The molecule has 1 saturated carbocycles. The average Bonchev–Trinajstić information content (AvgIpc) is 2.68. The number of hydrogen-bond acceptors (Lipinski definition) is 2. The molecule has 0 aromatic heterocycles. The predicted molar refractivity (Wildman–Crippen MR) is 84.1 cm³/mol. The lowest BCUT2D eigenvalue weighted by molar-refractivity contribution is 0.0685. The molecule has 2 heteroatoms. The quantitative estimate of drug-likeness (QED) is 0.774. The van der Waals surface area contributed by atoms with Crippen LogP contribution in [-0.4, -0.2) is 19.8 Å². The maximum absolute atomic E-state index is 3.90. The van der Waals surface area contributed by atoms with Gasteiger partial charge in [-0.3, -0.25) is 5.32 Å². The van der Waals surface area contributed by atoms with E-state index in [9.17, 15) is 0 Å². The van der Waals surface area contributed by atoms with Crippen LogP contribution < -0.4 is 10.2 Å². The van der Waals surface area contributed by atoms with E-state index < -0.39 is 0 Å². The van der Waals surface area contributed by atoms with Gasteiger partial charge in [0.25, 0.3) is 0 Å². The summed E-state index contributed by atoms with van der Waals surface area (Å²) in [5.41, 5.74) is 3.83. The summed E-state index contributed by atoms with van der Waals surface area (Å²) in [5, 5.41) is 3.90. The number of likely N-dealkylation sites (N-methyl/N-ethyl adjacent to an activating group) is 1. The smallest absolute Gasteiger partial charge is 0.0889 e. The molecule has 1 N–H and O–H groups in total. The van der Waals surface area contributed by atoms with E-state index in [2.05, 4.69) is 48.5 Å². The molecule has 1 spiro atoms. The van der Waals surface area contributed by atoms with Crippen LogP contribution in [0, 0.1) is 5.41 Å². The summed E-state index contributed by atoms with van der Waals surface area (Å²) in [6, 6.07) is 9.03. The number of fused-ring (bicyclic) bond motifs is 3. The molecule has 0 bridgehead atoms. The summed E-state index contributed by atoms with van der Waals surface area (Å²) in [6.45, 7) is 3.70. The van der Waals surface area contributed by atoms with Crippen LogP contribution in [-0.2, 0) is 5.41 Å². The average molecular weight is 270 g/mol. The molecule has 2 unspecified atom stereocenters. The van der Waals surface area contributed by atoms with Crippen LogP contribution in [0.2, 0.25) is 0 Å². The summed E-state index contributed by atoms with van der Waals surface area (Å²) in [4.78, 5) is 2.46. The summed E-state index contributed by atoms with van der Waals surface area (Å²) in [5.74, 6) is 0. The SMILES string of the molecule is CN1c2ccccc2C2(C)CC3(CCCCC3)CNC12. The first kappa shape index (κ1) is 12.7. The minimum absolute atomic E-state index is 0.279. The zero-order chi connectivity index (χ0) is 13.8. The molecule has 2 atom stereocenters. The van der Waals surface area contributed by atoms with Gasteiger partial charge in [0, 0.05) is 24.7 Å². The molecule has 2 heterocycles. The number of hydrogen-bond donors (Lipinski definition) is 1. The Morgan fingerprint density at radius 2 is 1.90 bits per heavy atom. The summed E-state index contributed by atoms with van der Waals surface area (Å²) in [7, 11) is 2.25. The normalized spacial score (nSPS) is 34.9. The van der Waals surface area contributed by atoms with Crippen LogP contribution in [0.5, 0.6) is 0 Å². The zero-order valence-corrected chi connectivity index (χ0v) is 12.8. The van der Waals surface area contributed by atoms with E-state index in [0.717, 1.165) is 0 Å². The third-order valence-electron chi connectivity index (χ3n) is 6.22. The lowest BCUT2D eigenvalue weighted by atomic mass is 9.60. The maximum Gasteiger partial charge on any atom is 0.0889 e. The van der Waals surface area contributed by atoms with E-state index in [4.69, 9.17) is 0 Å². The van der Waals surface area contributed by atoms with Crippen molar-refractivity contribution < 1.29 is 0 Å². The van der Waals surface area contributed by atoms with E-state index in [1.54, 1.807) is 5.56 Å². The van der Waals surface area contributed by atoms with Crippen molar-refractivity contribution in [3.63, 3.8) is 0 Å². The first-order valence-corrected chi connectivity index (χ1v) is 8.21. The number of nitrogens with zero attached hydrogens (tertiary/aromatic N) is 1. The molecule has 1 aromatic carbocycles. The summed E-state index contributed by atoms with van der Waals surface area (Å²) < 4.78 is 0. The maximum atomic E-state index is 3.90. The van der Waals surface area contributed by atoms with Gasteiger partial charge < -0.3 is 4.90 Å². The van der Waals surface area contributed by atoms with E-state index in [-0.39, 0.29) is 5.41 Å². The van der Waals surface area contributed by atoms with E-state index in [0.29, 0.717) is 11.6 Å². The summed E-state index contributed by atoms with van der Waals surface area (Å²) >= 11 is 0. The summed E-state index contributed by atoms with van der Waals surface area (Å²) in [6.07, 6.45) is 8.99. The minimum atomic E-state index is 0.279. The fraction of sp³-hybridized carbons (Fsp3) is 0.667. The molecular formula is C18H26N2. The van der Waals surface area contributed by atoms with Gasteiger partial charge in [-0.1, -0.05) is 44.4 Å². The fourth-order valence-corrected chi connectivity index (χ4v) is 5.34. The standard InChI is InChI=1S/C18H26N2/c1-17-12-18(10-6-3-7-11-18)13-19-16(17)20(2)15-9-5-4-8-14(15)17/h4-5,8-9,16,19H,3,6-7,10-13H2,1-2H3. The predicted octanol–water partition coefficient (Wildman–Crippen LogP) is 3.66. The highest BCUT2D eigenvalue weighted by Crippen LogP contribution is 2.55. The molecule has 0 radical (unpaired) electrons. The lowest BCUT2D eigenvalue weighted by Crippen LogP contribution is -2.61. The number of nitrogens with one attached hydrogen (secondary N) is 1. The third kappa shape index (κ3) is 1.60. The lowest BCUT2D eigenvalue weighted by Gasteiger charge is -2.51. The highest BCUT2D eigenvalue weighted by molar-refractivity contribution is 5.63. The second-order valence-electron chi connectivity index (χ2n) is 7.57. The van der Waals surface area contributed by atoms with Crippen molar-refractivity contribution >= 4 is 5.69 Å². The van der Waals surface area contributed by atoms with Gasteiger partial charge in [-0.05, 0) is 36.3 Å². The second kappa shape index (κ2) is 4.24. The Kier molecular flexibility index (Phi) is 2.69. The molecule has 0 amide bonds. The van der Waals surface area contributed by atoms with Crippen molar-refractivity contribution in [2.24, 2.45) is 5.41 Å². The Labute approximate surface area is 122 Å². The molecule has 2 aliphatic heterocycles. The van der Waals surface area contributed by atoms with Crippen molar-refractivity contribution in [3.8, 4) is 0 Å². The molecule has 4 rings (SSSR count). The highest BCUT2D eigenvalue weighted by atomic mass is 15.3. The molecule has 108 valence electrons.